The molecule has 2 aromatic rings. The SMILES string of the molecule is Cc1ccc(-n2cc(CCO)cn2)s1. The largest absolute Gasteiger partial charge is 0.396 e. The van der Waals surface area contributed by atoms with Crippen molar-refractivity contribution in [3.63, 3.8) is 0 Å². The van der Waals surface area contributed by atoms with Gasteiger partial charge in [-0.05, 0) is 31.0 Å². The van der Waals surface area contributed by atoms with E-state index in [-0.39, 0.29) is 6.61 Å². The molecule has 0 unspecified atom stereocenters. The Morgan fingerprint density at radius 2 is 2.36 bits per heavy atom. The number of aliphatic hydroxyl groups excluding tert-OH is 1. The molecule has 0 amide bonds. The summed E-state index contributed by atoms with van der Waals surface area (Å²) in [6.07, 6.45) is 4.43. The average molecular weight is 208 g/mol. The molecule has 2 heterocycles. The van der Waals surface area contributed by atoms with E-state index in [9.17, 15) is 0 Å². The number of aryl methyl sites for hydroxylation is 1. The van der Waals surface area contributed by atoms with Gasteiger partial charge in [0.2, 0.25) is 0 Å². The first-order chi connectivity index (χ1) is 6.79. The first-order valence-corrected chi connectivity index (χ1v) is 5.32. The van der Waals surface area contributed by atoms with E-state index in [1.165, 1.54) is 4.88 Å². The Morgan fingerprint density at radius 3 is 3.00 bits per heavy atom. The Labute approximate surface area is 86.6 Å². The van der Waals surface area contributed by atoms with Gasteiger partial charge in [0.1, 0.15) is 5.00 Å². The topological polar surface area (TPSA) is 38.0 Å². The Kier molecular flexibility index (Phi) is 2.65. The van der Waals surface area contributed by atoms with Gasteiger partial charge in [-0.25, -0.2) is 4.68 Å². The van der Waals surface area contributed by atoms with Crippen LogP contribution in [0.15, 0.2) is 24.5 Å². The first kappa shape index (κ1) is 9.43. The molecular formula is C10H12N2OS. The standard InChI is InChI=1S/C10H12N2OS/c1-8-2-3-10(14-8)12-7-9(4-5-13)6-11-12/h2-3,6-7,13H,4-5H2,1H3. The predicted octanol–water partition coefficient (Wildman–Crippen LogP) is 1.78. The molecule has 0 aliphatic heterocycles. The fourth-order valence-electron chi connectivity index (χ4n) is 1.28. The molecule has 0 aromatic carbocycles. The van der Waals surface area contributed by atoms with Gasteiger partial charge < -0.3 is 5.11 Å². The van der Waals surface area contributed by atoms with Gasteiger partial charge in [-0.2, -0.15) is 5.10 Å². The van der Waals surface area contributed by atoms with Crippen LogP contribution in [0, 0.1) is 6.92 Å². The van der Waals surface area contributed by atoms with E-state index in [0.717, 1.165) is 10.6 Å². The number of hydrogen-bond donors (Lipinski definition) is 1. The van der Waals surface area contributed by atoms with Crippen molar-refractivity contribution in [1.82, 2.24) is 9.78 Å². The van der Waals surface area contributed by atoms with E-state index in [1.54, 1.807) is 17.5 Å². The Balaban J connectivity index is 2.24. The molecule has 0 saturated carbocycles. The van der Waals surface area contributed by atoms with Crippen molar-refractivity contribution in [2.75, 3.05) is 6.61 Å². The monoisotopic (exact) mass is 208 g/mol. The highest BCUT2D eigenvalue weighted by Gasteiger charge is 2.02. The van der Waals surface area contributed by atoms with Gasteiger partial charge in [-0.3, -0.25) is 0 Å². The van der Waals surface area contributed by atoms with Crippen LogP contribution >= 0.6 is 11.3 Å². The van der Waals surface area contributed by atoms with E-state index < -0.39 is 0 Å². The fraction of sp³-hybridized carbons (Fsp3) is 0.300. The van der Waals surface area contributed by atoms with Crippen LogP contribution in [-0.4, -0.2) is 21.5 Å². The van der Waals surface area contributed by atoms with Gasteiger partial charge in [0.05, 0.1) is 6.20 Å². The molecule has 0 bridgehead atoms. The molecule has 4 heteroatoms. The minimum absolute atomic E-state index is 0.176. The van der Waals surface area contributed by atoms with Crippen molar-refractivity contribution in [3.05, 3.63) is 35.0 Å². The third-order valence-corrected chi connectivity index (χ3v) is 2.98. The summed E-state index contributed by atoms with van der Waals surface area (Å²) in [5, 5.41) is 14.1. The molecule has 74 valence electrons. The maximum atomic E-state index is 8.77. The van der Waals surface area contributed by atoms with Crippen LogP contribution in [0.4, 0.5) is 0 Å². The highest BCUT2D eigenvalue weighted by molar-refractivity contribution is 7.14. The van der Waals surface area contributed by atoms with Crippen molar-refractivity contribution in [2.24, 2.45) is 0 Å². The molecular weight excluding hydrogens is 196 g/mol. The van der Waals surface area contributed by atoms with Gasteiger partial charge in [0, 0.05) is 17.7 Å². The maximum absolute atomic E-state index is 8.77. The van der Waals surface area contributed by atoms with E-state index >= 15 is 0 Å². The zero-order valence-corrected chi connectivity index (χ0v) is 8.79. The maximum Gasteiger partial charge on any atom is 0.117 e. The highest BCUT2D eigenvalue weighted by atomic mass is 32.1. The molecule has 2 rings (SSSR count). The summed E-state index contributed by atoms with van der Waals surface area (Å²) < 4.78 is 1.85. The predicted molar refractivity (Wildman–Crippen MR) is 57.0 cm³/mol. The van der Waals surface area contributed by atoms with Crippen LogP contribution in [0.2, 0.25) is 0 Å². The van der Waals surface area contributed by atoms with E-state index in [2.05, 4.69) is 24.2 Å². The molecule has 0 fully saturated rings. The van der Waals surface area contributed by atoms with Gasteiger partial charge in [-0.15, -0.1) is 11.3 Å². The molecule has 1 N–H and O–H groups in total. The van der Waals surface area contributed by atoms with Gasteiger partial charge >= 0.3 is 0 Å². The highest BCUT2D eigenvalue weighted by Crippen LogP contribution is 2.19. The molecule has 2 aromatic heterocycles. The minimum atomic E-state index is 0.176. The molecule has 0 aliphatic carbocycles. The number of aliphatic hydroxyl groups is 1. The zero-order chi connectivity index (χ0) is 9.97. The molecule has 0 radical (unpaired) electrons. The summed E-state index contributed by atoms with van der Waals surface area (Å²) in [5.74, 6) is 0. The Hall–Kier alpha value is -1.13. The second-order valence-electron chi connectivity index (χ2n) is 3.15. The number of nitrogens with zero attached hydrogens (tertiary/aromatic N) is 2. The third-order valence-electron chi connectivity index (χ3n) is 1.99. The summed E-state index contributed by atoms with van der Waals surface area (Å²) in [5.41, 5.74) is 1.07. The van der Waals surface area contributed by atoms with E-state index in [1.807, 2.05) is 10.9 Å². The zero-order valence-electron chi connectivity index (χ0n) is 7.97. The Bertz CT molecular complexity index is 419. The third kappa shape index (κ3) is 1.86. The second kappa shape index (κ2) is 3.94. The normalized spacial score (nSPS) is 10.7. The number of rotatable bonds is 3. The molecule has 14 heavy (non-hydrogen) atoms. The van der Waals surface area contributed by atoms with E-state index in [0.29, 0.717) is 6.42 Å². The molecule has 0 atom stereocenters. The van der Waals surface area contributed by atoms with E-state index in [4.69, 9.17) is 5.11 Å². The lowest BCUT2D eigenvalue weighted by atomic mass is 10.3. The van der Waals surface area contributed by atoms with Crippen LogP contribution in [0.25, 0.3) is 5.00 Å². The van der Waals surface area contributed by atoms with Crippen LogP contribution in [-0.2, 0) is 6.42 Å². The van der Waals surface area contributed by atoms with Gasteiger partial charge in [0.15, 0.2) is 0 Å². The second-order valence-corrected chi connectivity index (χ2v) is 4.42. The Morgan fingerprint density at radius 1 is 1.50 bits per heavy atom. The van der Waals surface area contributed by atoms with Crippen molar-refractivity contribution in [2.45, 2.75) is 13.3 Å². The van der Waals surface area contributed by atoms with Crippen LogP contribution in [0.3, 0.4) is 0 Å². The summed E-state index contributed by atoms with van der Waals surface area (Å²) in [4.78, 5) is 1.28. The van der Waals surface area contributed by atoms with Crippen LogP contribution < -0.4 is 0 Å². The lowest BCUT2D eigenvalue weighted by Crippen LogP contribution is -1.90. The lowest BCUT2D eigenvalue weighted by molar-refractivity contribution is 0.299. The quantitative estimate of drug-likeness (QED) is 0.835. The number of aromatic nitrogens is 2. The molecule has 3 nitrogen and oxygen atoms in total. The summed E-state index contributed by atoms with van der Waals surface area (Å²) in [7, 11) is 0. The smallest absolute Gasteiger partial charge is 0.117 e. The fourth-order valence-corrected chi connectivity index (χ4v) is 2.08. The number of thiophene rings is 1. The number of hydrogen-bond acceptors (Lipinski definition) is 3. The lowest BCUT2D eigenvalue weighted by Gasteiger charge is -1.93. The molecule has 0 saturated heterocycles. The van der Waals surface area contributed by atoms with Gasteiger partial charge in [-0.1, -0.05) is 0 Å². The van der Waals surface area contributed by atoms with Gasteiger partial charge in [0.25, 0.3) is 0 Å². The summed E-state index contributed by atoms with van der Waals surface area (Å²) in [6, 6.07) is 4.13. The average Bonchev–Trinajstić information content (AvgIpc) is 2.74. The van der Waals surface area contributed by atoms with Crippen molar-refractivity contribution in [1.29, 1.82) is 0 Å². The summed E-state index contributed by atoms with van der Waals surface area (Å²) in [6.45, 7) is 2.25. The van der Waals surface area contributed by atoms with Crippen LogP contribution in [0.1, 0.15) is 10.4 Å². The summed E-state index contributed by atoms with van der Waals surface area (Å²) >= 11 is 1.71. The molecule has 0 aliphatic rings. The minimum Gasteiger partial charge on any atom is -0.396 e. The first-order valence-electron chi connectivity index (χ1n) is 4.51. The van der Waals surface area contributed by atoms with Crippen molar-refractivity contribution in [3.8, 4) is 5.00 Å². The molecule has 0 spiro atoms. The van der Waals surface area contributed by atoms with Crippen LogP contribution in [0.5, 0.6) is 0 Å². The van der Waals surface area contributed by atoms with Crippen molar-refractivity contribution >= 4 is 11.3 Å². The van der Waals surface area contributed by atoms with Crippen molar-refractivity contribution < 1.29 is 5.11 Å².